The highest BCUT2D eigenvalue weighted by Gasteiger charge is 2.34. The number of rotatable bonds is 3. The first-order valence-electron chi connectivity index (χ1n) is 9.57. The van der Waals surface area contributed by atoms with Gasteiger partial charge in [0.05, 0.1) is 5.60 Å². The Morgan fingerprint density at radius 3 is 2.68 bits per heavy atom. The van der Waals surface area contributed by atoms with Gasteiger partial charge in [0.25, 0.3) is 0 Å². The van der Waals surface area contributed by atoms with E-state index in [1.165, 1.54) is 0 Å². The molecule has 1 fully saturated rings. The second-order valence-electron chi connectivity index (χ2n) is 7.38. The molecule has 0 aliphatic carbocycles. The van der Waals surface area contributed by atoms with Crippen molar-refractivity contribution in [1.29, 1.82) is 0 Å². The molecule has 2 amide bonds. The summed E-state index contributed by atoms with van der Waals surface area (Å²) in [6.45, 7) is 1.03. The second-order valence-corrected chi connectivity index (χ2v) is 7.38. The van der Waals surface area contributed by atoms with Gasteiger partial charge in [0.15, 0.2) is 0 Å². The zero-order valence-corrected chi connectivity index (χ0v) is 15.6. The van der Waals surface area contributed by atoms with E-state index in [4.69, 9.17) is 0 Å². The molecule has 0 bridgehead atoms. The fourth-order valence-electron chi connectivity index (χ4n) is 3.77. The number of anilines is 1. The van der Waals surface area contributed by atoms with E-state index in [9.17, 15) is 14.7 Å². The smallest absolute Gasteiger partial charge is 0.246 e. The monoisotopic (exact) mass is 377 g/mol. The molecule has 1 aromatic carbocycles. The minimum Gasteiger partial charge on any atom is -0.385 e. The molecule has 2 aliphatic rings. The molecule has 0 unspecified atom stereocenters. The molecular formula is C22H23N3O3. The molecule has 0 spiro atoms. The molecular weight excluding hydrogens is 354 g/mol. The van der Waals surface area contributed by atoms with E-state index in [-0.39, 0.29) is 11.8 Å². The lowest BCUT2D eigenvalue weighted by Gasteiger charge is -2.38. The first-order valence-corrected chi connectivity index (χ1v) is 9.57. The number of nitrogens with one attached hydrogen (secondary N) is 1. The summed E-state index contributed by atoms with van der Waals surface area (Å²) in [5.74, 6) is 0.524. The summed E-state index contributed by atoms with van der Waals surface area (Å²) in [6, 6.07) is 11.6. The highest BCUT2D eigenvalue weighted by Crippen LogP contribution is 2.32. The molecule has 3 heterocycles. The number of likely N-dealkylation sites (tertiary alicyclic amines) is 1. The van der Waals surface area contributed by atoms with E-state index in [0.29, 0.717) is 44.6 Å². The van der Waals surface area contributed by atoms with Gasteiger partial charge in [-0.1, -0.05) is 30.3 Å². The van der Waals surface area contributed by atoms with Crippen molar-refractivity contribution in [2.45, 2.75) is 31.3 Å². The van der Waals surface area contributed by atoms with Crippen molar-refractivity contribution >= 4 is 23.7 Å². The summed E-state index contributed by atoms with van der Waals surface area (Å²) in [7, 11) is 0. The fourth-order valence-corrected chi connectivity index (χ4v) is 3.77. The van der Waals surface area contributed by atoms with Gasteiger partial charge in [-0.25, -0.2) is 4.98 Å². The number of amides is 2. The van der Waals surface area contributed by atoms with Crippen LogP contribution in [0.3, 0.4) is 0 Å². The number of aliphatic hydroxyl groups is 1. The fraction of sp³-hybridized carbons (Fsp3) is 0.318. The third kappa shape index (κ3) is 3.82. The largest absolute Gasteiger partial charge is 0.385 e. The van der Waals surface area contributed by atoms with E-state index in [1.807, 2.05) is 36.4 Å². The number of hydrogen-bond acceptors (Lipinski definition) is 4. The number of carbonyl (C=O) groups is 2. The Labute approximate surface area is 163 Å². The Kier molecular flexibility index (Phi) is 4.96. The van der Waals surface area contributed by atoms with Gasteiger partial charge in [0.2, 0.25) is 11.8 Å². The van der Waals surface area contributed by atoms with Gasteiger partial charge in [-0.3, -0.25) is 9.59 Å². The van der Waals surface area contributed by atoms with Crippen LogP contribution in [0.2, 0.25) is 0 Å². The Bertz CT molecular complexity index is 916. The highest BCUT2D eigenvalue weighted by atomic mass is 16.3. The lowest BCUT2D eigenvalue weighted by Crippen LogP contribution is -2.44. The zero-order valence-electron chi connectivity index (χ0n) is 15.6. The number of aromatic nitrogens is 1. The lowest BCUT2D eigenvalue weighted by molar-refractivity contribution is -0.130. The van der Waals surface area contributed by atoms with E-state index < -0.39 is 5.60 Å². The SMILES string of the molecule is O=C1CCc2cc(C=CC(=O)N3CCC(O)(c4ccccc4)CC3)cnc2N1. The molecule has 4 rings (SSSR count). The zero-order chi connectivity index (χ0) is 19.6. The number of carbonyl (C=O) groups excluding carboxylic acids is 2. The van der Waals surface area contributed by atoms with Crippen LogP contribution >= 0.6 is 0 Å². The van der Waals surface area contributed by atoms with Crippen LogP contribution in [-0.2, 0) is 21.6 Å². The van der Waals surface area contributed by atoms with Crippen LogP contribution < -0.4 is 5.32 Å². The molecule has 144 valence electrons. The van der Waals surface area contributed by atoms with Gasteiger partial charge >= 0.3 is 0 Å². The number of aryl methyl sites for hydroxylation is 1. The van der Waals surface area contributed by atoms with Crippen LogP contribution in [0.4, 0.5) is 5.82 Å². The van der Waals surface area contributed by atoms with E-state index in [0.717, 1.165) is 16.7 Å². The van der Waals surface area contributed by atoms with Gasteiger partial charge in [0.1, 0.15) is 5.82 Å². The molecule has 28 heavy (non-hydrogen) atoms. The molecule has 0 atom stereocenters. The maximum absolute atomic E-state index is 12.5. The van der Waals surface area contributed by atoms with Crippen molar-refractivity contribution in [1.82, 2.24) is 9.88 Å². The number of benzene rings is 1. The highest BCUT2D eigenvalue weighted by molar-refractivity contribution is 5.93. The summed E-state index contributed by atoms with van der Waals surface area (Å²) < 4.78 is 0. The first kappa shape index (κ1) is 18.4. The molecule has 2 aliphatic heterocycles. The summed E-state index contributed by atoms with van der Waals surface area (Å²) >= 11 is 0. The van der Waals surface area contributed by atoms with Crippen molar-refractivity contribution in [2.75, 3.05) is 18.4 Å². The minimum absolute atomic E-state index is 0.0148. The van der Waals surface area contributed by atoms with Crippen LogP contribution in [0, 0.1) is 0 Å². The number of fused-ring (bicyclic) bond motifs is 1. The van der Waals surface area contributed by atoms with E-state index >= 15 is 0 Å². The number of nitrogens with zero attached hydrogens (tertiary/aromatic N) is 2. The van der Waals surface area contributed by atoms with Crippen LogP contribution in [0.5, 0.6) is 0 Å². The van der Waals surface area contributed by atoms with E-state index in [1.54, 1.807) is 23.2 Å². The first-order chi connectivity index (χ1) is 13.5. The third-order valence-corrected chi connectivity index (χ3v) is 5.50. The Hall–Kier alpha value is -2.99. The minimum atomic E-state index is -0.866. The molecule has 1 saturated heterocycles. The predicted octanol–water partition coefficient (Wildman–Crippen LogP) is 2.49. The van der Waals surface area contributed by atoms with Crippen molar-refractivity contribution < 1.29 is 14.7 Å². The molecule has 6 heteroatoms. The molecule has 6 nitrogen and oxygen atoms in total. The van der Waals surface area contributed by atoms with Gasteiger partial charge in [-0.15, -0.1) is 0 Å². The van der Waals surface area contributed by atoms with Gasteiger partial charge in [-0.05, 0) is 48.1 Å². The van der Waals surface area contributed by atoms with Crippen molar-refractivity contribution in [3.05, 3.63) is 65.4 Å². The van der Waals surface area contributed by atoms with Crippen molar-refractivity contribution in [3.8, 4) is 0 Å². The Morgan fingerprint density at radius 1 is 1.18 bits per heavy atom. The average molecular weight is 377 g/mol. The van der Waals surface area contributed by atoms with Crippen LogP contribution in [-0.4, -0.2) is 39.9 Å². The number of pyridine rings is 1. The van der Waals surface area contributed by atoms with Crippen LogP contribution in [0.15, 0.2) is 48.7 Å². The normalized spacial score (nSPS) is 18.6. The van der Waals surface area contributed by atoms with Gasteiger partial charge in [0, 0.05) is 31.8 Å². The molecule has 2 aromatic rings. The van der Waals surface area contributed by atoms with Gasteiger partial charge < -0.3 is 15.3 Å². The third-order valence-electron chi connectivity index (χ3n) is 5.50. The Balaban J connectivity index is 1.38. The van der Waals surface area contributed by atoms with Crippen LogP contribution in [0.1, 0.15) is 36.0 Å². The number of piperidine rings is 1. The summed E-state index contributed by atoms with van der Waals surface area (Å²) in [4.78, 5) is 30.0. The van der Waals surface area contributed by atoms with Crippen LogP contribution in [0.25, 0.3) is 6.08 Å². The molecule has 0 radical (unpaired) electrons. The quantitative estimate of drug-likeness (QED) is 0.805. The molecule has 1 aromatic heterocycles. The predicted molar refractivity (Wildman–Crippen MR) is 106 cm³/mol. The lowest BCUT2D eigenvalue weighted by atomic mass is 9.84. The summed E-state index contributed by atoms with van der Waals surface area (Å²) in [5, 5.41) is 13.6. The van der Waals surface area contributed by atoms with Crippen molar-refractivity contribution in [2.24, 2.45) is 0 Å². The molecule has 0 saturated carbocycles. The second kappa shape index (κ2) is 7.56. The van der Waals surface area contributed by atoms with E-state index in [2.05, 4.69) is 10.3 Å². The average Bonchev–Trinajstić information content (AvgIpc) is 2.73. The number of hydrogen-bond donors (Lipinski definition) is 2. The molecule has 2 N–H and O–H groups in total. The summed E-state index contributed by atoms with van der Waals surface area (Å²) in [6.07, 6.45) is 7.13. The maximum atomic E-state index is 12.5. The maximum Gasteiger partial charge on any atom is 0.246 e. The Morgan fingerprint density at radius 2 is 1.93 bits per heavy atom. The van der Waals surface area contributed by atoms with Crippen molar-refractivity contribution in [3.63, 3.8) is 0 Å². The summed E-state index contributed by atoms with van der Waals surface area (Å²) in [5.41, 5.74) is 1.86. The van der Waals surface area contributed by atoms with Gasteiger partial charge in [-0.2, -0.15) is 0 Å². The standard InChI is InChI=1S/C22H23N3O3/c26-19-8-7-17-14-16(15-23-21(17)24-19)6-9-20(27)25-12-10-22(28,11-13-25)18-4-2-1-3-5-18/h1-6,9,14-15,28H,7-8,10-13H2,(H,23,24,26). The topological polar surface area (TPSA) is 82.5 Å².